The minimum Gasteiger partial charge on any atom is -0.312 e. The fraction of sp³-hybridized carbons (Fsp3) is 0.333. The summed E-state index contributed by atoms with van der Waals surface area (Å²) >= 11 is 0. The normalized spacial score (nSPS) is 16.1. The van der Waals surface area contributed by atoms with Crippen LogP contribution < -0.4 is 9.80 Å². The Balaban J connectivity index is 1.50. The number of Topliss-reactive ketones (excluding diaryl/α,β-unsaturated/α-hetero) is 1. The number of anilines is 2. The van der Waals surface area contributed by atoms with Crippen molar-refractivity contribution in [3.05, 3.63) is 71.0 Å². The molecule has 2 aliphatic heterocycles. The van der Waals surface area contributed by atoms with E-state index in [4.69, 9.17) is 0 Å². The molecule has 1 aromatic heterocycles. The molecule has 0 atom stereocenters. The number of aryl methyl sites for hydroxylation is 1. The summed E-state index contributed by atoms with van der Waals surface area (Å²) in [6, 6.07) is 15.4. The number of hydrogen-bond donors (Lipinski definition) is 0. The maximum atomic E-state index is 13.7. The van der Waals surface area contributed by atoms with Gasteiger partial charge in [-0.15, -0.1) is 0 Å². The topological polar surface area (TPSA) is 75.5 Å². The van der Waals surface area contributed by atoms with Gasteiger partial charge in [-0.2, -0.15) is 5.10 Å². The summed E-state index contributed by atoms with van der Waals surface area (Å²) in [5.41, 5.74) is 5.06. The highest BCUT2D eigenvalue weighted by Gasteiger charge is 2.34. The van der Waals surface area contributed by atoms with Crippen LogP contribution in [0.25, 0.3) is 5.69 Å². The molecule has 0 unspecified atom stereocenters. The molecular formula is C27H28N4O3. The summed E-state index contributed by atoms with van der Waals surface area (Å²) in [7, 11) is 0. The molecule has 0 bridgehead atoms. The third-order valence-electron chi connectivity index (χ3n) is 6.68. The van der Waals surface area contributed by atoms with Crippen LogP contribution in [0.2, 0.25) is 0 Å². The van der Waals surface area contributed by atoms with Crippen LogP contribution in [0.15, 0.2) is 48.5 Å². The number of nitrogens with zero attached hydrogens (tertiary/aromatic N) is 4. The number of fused-ring (bicyclic) bond motifs is 1. The van der Waals surface area contributed by atoms with E-state index in [0.717, 1.165) is 47.6 Å². The van der Waals surface area contributed by atoms with Crippen LogP contribution in [-0.2, 0) is 11.2 Å². The number of aromatic nitrogens is 2. The second-order valence-corrected chi connectivity index (χ2v) is 8.93. The molecular weight excluding hydrogens is 428 g/mol. The van der Waals surface area contributed by atoms with Gasteiger partial charge in [-0.1, -0.05) is 24.6 Å². The third kappa shape index (κ3) is 3.81. The number of ketones is 1. The van der Waals surface area contributed by atoms with Crippen molar-refractivity contribution in [3.63, 3.8) is 0 Å². The molecule has 3 aromatic rings. The molecule has 0 radical (unpaired) electrons. The van der Waals surface area contributed by atoms with Crippen molar-refractivity contribution in [1.82, 2.24) is 9.78 Å². The van der Waals surface area contributed by atoms with Crippen LogP contribution in [-0.4, -0.2) is 40.5 Å². The average molecular weight is 457 g/mol. The lowest BCUT2D eigenvalue weighted by atomic mass is 10.00. The standard InChI is InChI=1S/C27H28N4O3/c1-3-23(32)25-22-15-17-30(20-13-11-19(12-14-20)29-16-5-4-6-24(29)33)27(34)26(22)31(28-25)21-9-7-18(2)8-10-21/h7-14H,3-6,15-17H2,1-2H3. The second kappa shape index (κ2) is 8.89. The number of hydrogen-bond acceptors (Lipinski definition) is 4. The highest BCUT2D eigenvalue weighted by Crippen LogP contribution is 2.31. The van der Waals surface area contributed by atoms with Gasteiger partial charge in [0.05, 0.1) is 5.69 Å². The van der Waals surface area contributed by atoms with Crippen molar-refractivity contribution in [3.8, 4) is 5.69 Å². The number of amides is 2. The lowest BCUT2D eigenvalue weighted by Gasteiger charge is -2.29. The summed E-state index contributed by atoms with van der Waals surface area (Å²) < 4.78 is 1.62. The fourth-order valence-electron chi connectivity index (χ4n) is 4.76. The third-order valence-corrected chi connectivity index (χ3v) is 6.68. The fourth-order valence-corrected chi connectivity index (χ4v) is 4.76. The largest absolute Gasteiger partial charge is 0.312 e. The molecule has 0 aliphatic carbocycles. The summed E-state index contributed by atoms with van der Waals surface area (Å²) in [5.74, 6) is -0.0852. The number of rotatable bonds is 5. The van der Waals surface area contributed by atoms with Gasteiger partial charge in [0.1, 0.15) is 11.4 Å². The molecule has 1 saturated heterocycles. The molecule has 0 spiro atoms. The molecule has 5 rings (SSSR count). The van der Waals surface area contributed by atoms with Crippen molar-refractivity contribution in [2.24, 2.45) is 0 Å². The van der Waals surface area contributed by atoms with E-state index < -0.39 is 0 Å². The molecule has 1 fully saturated rings. The Morgan fingerprint density at radius 1 is 0.853 bits per heavy atom. The van der Waals surface area contributed by atoms with E-state index in [1.165, 1.54) is 0 Å². The van der Waals surface area contributed by atoms with Crippen molar-refractivity contribution in [2.45, 2.75) is 46.0 Å². The van der Waals surface area contributed by atoms with E-state index in [1.807, 2.05) is 67.3 Å². The molecule has 2 aliphatic rings. The van der Waals surface area contributed by atoms with Crippen molar-refractivity contribution in [1.29, 1.82) is 0 Å². The Bertz CT molecular complexity index is 1260. The quantitative estimate of drug-likeness (QED) is 0.530. The van der Waals surface area contributed by atoms with Gasteiger partial charge >= 0.3 is 0 Å². The zero-order chi connectivity index (χ0) is 23.8. The van der Waals surface area contributed by atoms with Crippen molar-refractivity contribution in [2.75, 3.05) is 22.9 Å². The minimum atomic E-state index is -0.175. The molecule has 0 N–H and O–H groups in total. The monoisotopic (exact) mass is 456 g/mol. The minimum absolute atomic E-state index is 0.0566. The predicted molar refractivity (Wildman–Crippen MR) is 131 cm³/mol. The summed E-state index contributed by atoms with van der Waals surface area (Å²) in [6.45, 7) is 5.01. The van der Waals surface area contributed by atoms with Crippen LogP contribution in [0.1, 0.15) is 64.7 Å². The maximum Gasteiger partial charge on any atom is 0.277 e. The summed E-state index contributed by atoms with van der Waals surface area (Å²) in [4.78, 5) is 42.2. The van der Waals surface area contributed by atoms with E-state index in [0.29, 0.717) is 37.2 Å². The lowest BCUT2D eigenvalue weighted by Crippen LogP contribution is -2.39. The predicted octanol–water partition coefficient (Wildman–Crippen LogP) is 4.49. The van der Waals surface area contributed by atoms with E-state index in [9.17, 15) is 14.4 Å². The van der Waals surface area contributed by atoms with Gasteiger partial charge < -0.3 is 9.80 Å². The smallest absolute Gasteiger partial charge is 0.277 e. The van der Waals surface area contributed by atoms with Gasteiger partial charge in [0, 0.05) is 42.9 Å². The number of benzene rings is 2. The first-order chi connectivity index (χ1) is 16.5. The maximum absolute atomic E-state index is 13.7. The molecule has 3 heterocycles. The van der Waals surface area contributed by atoms with Crippen molar-refractivity contribution >= 4 is 29.0 Å². The first kappa shape index (κ1) is 22.1. The zero-order valence-corrected chi connectivity index (χ0v) is 19.6. The van der Waals surface area contributed by atoms with E-state index in [1.54, 1.807) is 9.58 Å². The Labute approximate surface area is 199 Å². The van der Waals surface area contributed by atoms with E-state index in [2.05, 4.69) is 5.10 Å². The Morgan fingerprint density at radius 2 is 1.50 bits per heavy atom. The molecule has 174 valence electrons. The molecule has 2 amide bonds. The Kier molecular flexibility index (Phi) is 5.77. The van der Waals surface area contributed by atoms with Crippen LogP contribution in [0.3, 0.4) is 0 Å². The van der Waals surface area contributed by atoms with Gasteiger partial charge in [0.15, 0.2) is 5.78 Å². The highest BCUT2D eigenvalue weighted by molar-refractivity contribution is 6.10. The van der Waals surface area contributed by atoms with Gasteiger partial charge in [-0.25, -0.2) is 4.68 Å². The van der Waals surface area contributed by atoms with Crippen molar-refractivity contribution < 1.29 is 14.4 Å². The summed E-state index contributed by atoms with van der Waals surface area (Å²) in [5, 5.41) is 4.60. The van der Waals surface area contributed by atoms with Crippen LogP contribution in [0, 0.1) is 6.92 Å². The van der Waals surface area contributed by atoms with Gasteiger partial charge in [-0.05, 0) is 62.6 Å². The average Bonchev–Trinajstić information content (AvgIpc) is 3.25. The lowest BCUT2D eigenvalue weighted by molar-refractivity contribution is -0.119. The molecule has 7 heteroatoms. The molecule has 0 saturated carbocycles. The van der Waals surface area contributed by atoms with Crippen LogP contribution in [0.4, 0.5) is 11.4 Å². The Morgan fingerprint density at radius 3 is 2.15 bits per heavy atom. The highest BCUT2D eigenvalue weighted by atomic mass is 16.2. The van der Waals surface area contributed by atoms with Gasteiger partial charge in [0.2, 0.25) is 5.91 Å². The Hall–Kier alpha value is -3.74. The number of carbonyl (C=O) groups is 3. The summed E-state index contributed by atoms with van der Waals surface area (Å²) in [6.07, 6.45) is 3.42. The SMILES string of the molecule is CCC(=O)c1nn(-c2ccc(C)cc2)c2c1CCN(c1ccc(N3CCCCC3=O)cc1)C2=O. The van der Waals surface area contributed by atoms with E-state index >= 15 is 0 Å². The number of piperidine rings is 1. The first-order valence-corrected chi connectivity index (χ1v) is 11.9. The zero-order valence-electron chi connectivity index (χ0n) is 19.6. The molecule has 34 heavy (non-hydrogen) atoms. The number of carbonyl (C=O) groups excluding carboxylic acids is 3. The van der Waals surface area contributed by atoms with Gasteiger partial charge in [0.25, 0.3) is 5.91 Å². The van der Waals surface area contributed by atoms with Crippen LogP contribution in [0.5, 0.6) is 0 Å². The van der Waals surface area contributed by atoms with Crippen LogP contribution >= 0.6 is 0 Å². The molecule has 2 aromatic carbocycles. The second-order valence-electron chi connectivity index (χ2n) is 8.93. The first-order valence-electron chi connectivity index (χ1n) is 11.9. The van der Waals surface area contributed by atoms with Gasteiger partial charge in [-0.3, -0.25) is 14.4 Å². The van der Waals surface area contributed by atoms with E-state index in [-0.39, 0.29) is 17.6 Å². The molecule has 7 nitrogen and oxygen atoms in total.